The van der Waals surface area contributed by atoms with E-state index in [-0.39, 0.29) is 6.09 Å². The highest BCUT2D eigenvalue weighted by atomic mass is 16.6. The Bertz CT molecular complexity index is 161. The summed E-state index contributed by atoms with van der Waals surface area (Å²) in [5.74, 6) is 0. The second-order valence-electron chi connectivity index (χ2n) is 2.91. The summed E-state index contributed by atoms with van der Waals surface area (Å²) in [5.41, 5.74) is 0. The lowest BCUT2D eigenvalue weighted by Crippen LogP contribution is -2.35. The van der Waals surface area contributed by atoms with Crippen molar-refractivity contribution in [1.82, 2.24) is 10.2 Å². The predicted molar refractivity (Wildman–Crippen MR) is 45.3 cm³/mol. The van der Waals surface area contributed by atoms with Crippen LogP contribution in [0.15, 0.2) is 0 Å². The molecule has 69 valence electrons. The molecule has 1 fully saturated rings. The molecule has 1 N–H and O–H groups in total. The van der Waals surface area contributed by atoms with E-state index in [0.717, 1.165) is 25.6 Å². The van der Waals surface area contributed by atoms with Crippen molar-refractivity contribution in [2.45, 2.75) is 19.3 Å². The highest BCUT2D eigenvalue weighted by Crippen LogP contribution is 2.22. The van der Waals surface area contributed by atoms with Crippen LogP contribution in [0.2, 0.25) is 0 Å². The van der Waals surface area contributed by atoms with E-state index < -0.39 is 0 Å². The third-order valence-electron chi connectivity index (χ3n) is 1.97. The first-order valence-electron chi connectivity index (χ1n) is 4.20. The Kier molecular flexibility index (Phi) is 3.34. The quantitative estimate of drug-likeness (QED) is 0.638. The van der Waals surface area contributed by atoms with Gasteiger partial charge in [0.15, 0.2) is 0 Å². The molecule has 0 atom stereocenters. The second-order valence-corrected chi connectivity index (χ2v) is 2.91. The van der Waals surface area contributed by atoms with Crippen LogP contribution in [-0.2, 0) is 4.74 Å². The Balaban J connectivity index is 2.33. The molecule has 4 nitrogen and oxygen atoms in total. The maximum absolute atomic E-state index is 10.8. The minimum atomic E-state index is -0.376. The van der Waals surface area contributed by atoms with Crippen LogP contribution in [0, 0.1) is 6.23 Å². The Morgan fingerprint density at radius 2 is 2.33 bits per heavy atom. The Morgan fingerprint density at radius 3 is 2.92 bits per heavy atom. The second kappa shape index (κ2) is 4.30. The summed E-state index contributed by atoms with van der Waals surface area (Å²) < 4.78 is 5.05. The van der Waals surface area contributed by atoms with E-state index in [4.69, 9.17) is 4.74 Å². The molecule has 0 aliphatic carbocycles. The van der Waals surface area contributed by atoms with Crippen molar-refractivity contribution < 1.29 is 9.53 Å². The van der Waals surface area contributed by atoms with Crippen molar-refractivity contribution in [2.75, 3.05) is 20.6 Å². The van der Waals surface area contributed by atoms with Gasteiger partial charge in [-0.15, -0.1) is 0 Å². The van der Waals surface area contributed by atoms with E-state index in [9.17, 15) is 4.79 Å². The molecule has 12 heavy (non-hydrogen) atoms. The van der Waals surface area contributed by atoms with Gasteiger partial charge < -0.3 is 10.1 Å². The van der Waals surface area contributed by atoms with Crippen LogP contribution >= 0.6 is 0 Å². The van der Waals surface area contributed by atoms with Gasteiger partial charge in [-0.25, -0.2) is 4.79 Å². The summed E-state index contributed by atoms with van der Waals surface area (Å²) in [4.78, 5) is 12.8. The third-order valence-corrected chi connectivity index (χ3v) is 1.97. The van der Waals surface area contributed by atoms with Crippen molar-refractivity contribution in [3.8, 4) is 0 Å². The first-order valence-corrected chi connectivity index (χ1v) is 4.20. The topological polar surface area (TPSA) is 41.6 Å². The molecule has 1 aliphatic rings. The lowest BCUT2D eigenvalue weighted by molar-refractivity contribution is 0.0651. The van der Waals surface area contributed by atoms with Crippen LogP contribution in [0.5, 0.6) is 0 Å². The van der Waals surface area contributed by atoms with Crippen molar-refractivity contribution in [3.05, 3.63) is 6.23 Å². The van der Waals surface area contributed by atoms with Crippen LogP contribution in [-0.4, -0.2) is 31.6 Å². The summed E-state index contributed by atoms with van der Waals surface area (Å²) in [5, 5.41) is 2.42. The number of alkyl carbamates (subject to hydrolysis) is 1. The average molecular weight is 171 g/mol. The Hall–Kier alpha value is -0.770. The zero-order valence-corrected chi connectivity index (χ0v) is 7.59. The number of amides is 1. The number of nitrogens with zero attached hydrogens (tertiary/aromatic N) is 1. The van der Waals surface area contributed by atoms with Gasteiger partial charge in [-0.05, 0) is 19.9 Å². The van der Waals surface area contributed by atoms with Gasteiger partial charge in [0.2, 0.25) is 6.23 Å². The van der Waals surface area contributed by atoms with Gasteiger partial charge in [0, 0.05) is 20.0 Å². The first kappa shape index (κ1) is 9.32. The fourth-order valence-corrected chi connectivity index (χ4v) is 1.23. The van der Waals surface area contributed by atoms with E-state index >= 15 is 0 Å². The van der Waals surface area contributed by atoms with Gasteiger partial charge in [-0.3, -0.25) is 4.90 Å². The highest BCUT2D eigenvalue weighted by molar-refractivity contribution is 5.67. The van der Waals surface area contributed by atoms with E-state index in [1.165, 1.54) is 6.42 Å². The maximum Gasteiger partial charge on any atom is 0.408 e. The van der Waals surface area contributed by atoms with Gasteiger partial charge in [-0.2, -0.15) is 0 Å². The molecule has 1 aliphatic heterocycles. The predicted octanol–water partition coefficient (Wildman–Crippen LogP) is 0.948. The van der Waals surface area contributed by atoms with Crippen molar-refractivity contribution in [2.24, 2.45) is 0 Å². The van der Waals surface area contributed by atoms with Crippen LogP contribution in [0.25, 0.3) is 0 Å². The van der Waals surface area contributed by atoms with Crippen LogP contribution in [0.1, 0.15) is 19.3 Å². The maximum atomic E-state index is 10.8. The number of ether oxygens (including phenoxy) is 1. The number of rotatable bonds is 1. The standard InChI is InChI=1S/C8H15N2O2/c1-9-8(11)12-7-5-3-4-6-10(7)2/h3-6H2,1-2H3,(H,9,11). The molecular weight excluding hydrogens is 156 g/mol. The molecule has 0 aromatic carbocycles. The van der Waals surface area contributed by atoms with E-state index in [1.807, 2.05) is 11.9 Å². The highest BCUT2D eigenvalue weighted by Gasteiger charge is 2.23. The molecule has 0 aromatic heterocycles. The minimum absolute atomic E-state index is 0.376. The minimum Gasteiger partial charge on any atom is -0.422 e. The molecule has 1 rings (SSSR count). The molecule has 0 spiro atoms. The average Bonchev–Trinajstić information content (AvgIpc) is 2.09. The van der Waals surface area contributed by atoms with E-state index in [1.54, 1.807) is 7.05 Å². The van der Waals surface area contributed by atoms with Crippen LogP contribution in [0.4, 0.5) is 4.79 Å². The molecule has 1 saturated heterocycles. The zero-order chi connectivity index (χ0) is 8.97. The number of nitrogens with one attached hydrogen (secondary N) is 1. The number of carbonyl (C=O) groups excluding carboxylic acids is 1. The summed E-state index contributed by atoms with van der Waals surface area (Å²) in [7, 11) is 3.50. The number of carbonyl (C=O) groups is 1. The van der Waals surface area contributed by atoms with Crippen LogP contribution in [0.3, 0.4) is 0 Å². The number of likely N-dealkylation sites (tertiary alicyclic amines) is 1. The summed E-state index contributed by atoms with van der Waals surface area (Å²) in [6, 6.07) is 0. The largest absolute Gasteiger partial charge is 0.422 e. The summed E-state index contributed by atoms with van der Waals surface area (Å²) in [6.07, 6.45) is 3.55. The van der Waals surface area contributed by atoms with Gasteiger partial charge in [-0.1, -0.05) is 0 Å². The molecular formula is C8H15N2O2. The lowest BCUT2D eigenvalue weighted by Gasteiger charge is -2.29. The number of piperidine rings is 1. The van der Waals surface area contributed by atoms with Gasteiger partial charge in [0.05, 0.1) is 0 Å². The Morgan fingerprint density at radius 1 is 1.58 bits per heavy atom. The monoisotopic (exact) mass is 171 g/mol. The molecule has 4 heteroatoms. The summed E-state index contributed by atoms with van der Waals surface area (Å²) >= 11 is 0. The normalized spacial score (nSPS) is 20.5. The number of hydrogen-bond donors (Lipinski definition) is 1. The molecule has 1 amide bonds. The van der Waals surface area contributed by atoms with Gasteiger partial charge in [0.1, 0.15) is 0 Å². The molecule has 0 aromatic rings. The number of hydrogen-bond acceptors (Lipinski definition) is 3. The van der Waals surface area contributed by atoms with Gasteiger partial charge in [0.25, 0.3) is 0 Å². The molecule has 0 saturated carbocycles. The fraction of sp³-hybridized carbons (Fsp3) is 0.750. The molecule has 1 radical (unpaired) electrons. The third kappa shape index (κ3) is 2.37. The van der Waals surface area contributed by atoms with E-state index in [2.05, 4.69) is 5.32 Å². The molecule has 0 bridgehead atoms. The smallest absolute Gasteiger partial charge is 0.408 e. The zero-order valence-electron chi connectivity index (χ0n) is 7.59. The van der Waals surface area contributed by atoms with Crippen molar-refractivity contribution >= 4 is 6.09 Å². The van der Waals surface area contributed by atoms with E-state index in [0.29, 0.717) is 0 Å². The van der Waals surface area contributed by atoms with Crippen molar-refractivity contribution in [3.63, 3.8) is 0 Å². The van der Waals surface area contributed by atoms with Crippen LogP contribution < -0.4 is 5.32 Å². The lowest BCUT2D eigenvalue weighted by atomic mass is 10.1. The molecule has 1 heterocycles. The summed E-state index contributed by atoms with van der Waals surface area (Å²) in [6.45, 7) is 0.978. The molecule has 0 unspecified atom stereocenters. The SMILES string of the molecule is CNC(=O)O[C]1CCCCN1C. The van der Waals surface area contributed by atoms with Crippen molar-refractivity contribution in [1.29, 1.82) is 0 Å². The van der Waals surface area contributed by atoms with Gasteiger partial charge >= 0.3 is 6.09 Å². The Labute approximate surface area is 72.9 Å². The fourth-order valence-electron chi connectivity index (χ4n) is 1.23. The first-order chi connectivity index (χ1) is 5.74.